The van der Waals surface area contributed by atoms with Crippen LogP contribution < -0.4 is 10.9 Å². The predicted octanol–water partition coefficient (Wildman–Crippen LogP) is 1.80. The summed E-state index contributed by atoms with van der Waals surface area (Å²) in [5, 5.41) is 13.0. The maximum absolute atomic E-state index is 13.5. The van der Waals surface area contributed by atoms with Gasteiger partial charge in [0.15, 0.2) is 0 Å². The van der Waals surface area contributed by atoms with E-state index in [1.807, 2.05) is 30.4 Å². The first-order chi connectivity index (χ1) is 14.6. The number of fused-ring (bicyclic) bond motifs is 4. The molecule has 1 saturated heterocycles. The van der Waals surface area contributed by atoms with Gasteiger partial charge in [0.2, 0.25) is 5.91 Å². The second-order valence-corrected chi connectivity index (χ2v) is 8.88. The fraction of sp³-hybridized carbons (Fsp3) is 0.478. The Morgan fingerprint density at radius 2 is 2.03 bits per heavy atom. The van der Waals surface area contributed by atoms with Crippen LogP contribution in [0.4, 0.5) is 0 Å². The Balaban J connectivity index is 1.47. The number of likely N-dealkylation sites (tertiary alicyclic amines) is 1. The Morgan fingerprint density at radius 3 is 2.77 bits per heavy atom. The van der Waals surface area contributed by atoms with Gasteiger partial charge in [0.05, 0.1) is 25.0 Å². The Bertz CT molecular complexity index is 1000. The third-order valence-electron chi connectivity index (χ3n) is 6.83. The molecule has 0 spiro atoms. The van der Waals surface area contributed by atoms with Gasteiger partial charge in [-0.25, -0.2) is 0 Å². The standard InChI is InChI=1S/C23H27N3O4/c27-15-23(8-1-2-9-23)24-22(29)21-17-11-16(19-6-3-7-20(28)26(19)21)12-25(13-17)14-18-5-4-10-30-18/h1-7,10,16-17,21,27H,8-9,11-15H2,(H,24,29)/t16-,17+,21-/m1/s1. The number of hydrogen-bond acceptors (Lipinski definition) is 5. The summed E-state index contributed by atoms with van der Waals surface area (Å²) in [4.78, 5) is 28.7. The van der Waals surface area contributed by atoms with Crippen LogP contribution in [0.3, 0.4) is 0 Å². The van der Waals surface area contributed by atoms with Crippen molar-refractivity contribution >= 4 is 5.91 Å². The highest BCUT2D eigenvalue weighted by atomic mass is 16.3. The van der Waals surface area contributed by atoms with Gasteiger partial charge in [-0.1, -0.05) is 18.2 Å². The number of hydrogen-bond donors (Lipinski definition) is 2. The van der Waals surface area contributed by atoms with Gasteiger partial charge in [-0.2, -0.15) is 0 Å². The van der Waals surface area contributed by atoms with Crippen LogP contribution in [0.15, 0.2) is 58.0 Å². The molecule has 0 saturated carbocycles. The van der Waals surface area contributed by atoms with Crippen LogP contribution >= 0.6 is 0 Å². The van der Waals surface area contributed by atoms with Crippen molar-refractivity contribution < 1.29 is 14.3 Å². The minimum Gasteiger partial charge on any atom is -0.468 e. The van der Waals surface area contributed by atoms with Crippen LogP contribution in [0, 0.1) is 5.92 Å². The number of furan rings is 1. The highest BCUT2D eigenvalue weighted by Gasteiger charge is 2.45. The summed E-state index contributed by atoms with van der Waals surface area (Å²) < 4.78 is 7.23. The van der Waals surface area contributed by atoms with Crippen LogP contribution in [-0.2, 0) is 11.3 Å². The number of pyridine rings is 1. The van der Waals surface area contributed by atoms with Crippen molar-refractivity contribution in [1.82, 2.24) is 14.8 Å². The lowest BCUT2D eigenvalue weighted by atomic mass is 9.77. The molecular weight excluding hydrogens is 382 g/mol. The van der Waals surface area contributed by atoms with Crippen molar-refractivity contribution in [2.45, 2.75) is 43.3 Å². The third kappa shape index (κ3) is 3.32. The van der Waals surface area contributed by atoms with Gasteiger partial charge < -0.3 is 14.8 Å². The molecule has 0 aromatic carbocycles. The lowest BCUT2D eigenvalue weighted by molar-refractivity contribution is -0.130. The molecular formula is C23H27N3O4. The molecule has 1 fully saturated rings. The summed E-state index contributed by atoms with van der Waals surface area (Å²) >= 11 is 0. The second-order valence-electron chi connectivity index (χ2n) is 8.88. The number of aliphatic hydroxyl groups excluding tert-OH is 1. The first kappa shape index (κ1) is 19.3. The van der Waals surface area contributed by atoms with E-state index >= 15 is 0 Å². The summed E-state index contributed by atoms with van der Waals surface area (Å²) in [6, 6.07) is 8.56. The normalized spacial score (nSPS) is 27.0. The van der Waals surface area contributed by atoms with Crippen molar-refractivity contribution in [1.29, 1.82) is 0 Å². The fourth-order valence-corrected chi connectivity index (χ4v) is 5.42. The number of amides is 1. The number of carbonyl (C=O) groups is 1. The zero-order chi connectivity index (χ0) is 20.7. The molecule has 1 amide bonds. The first-order valence-electron chi connectivity index (χ1n) is 10.6. The predicted molar refractivity (Wildman–Crippen MR) is 111 cm³/mol. The highest BCUT2D eigenvalue weighted by Crippen LogP contribution is 2.42. The first-order valence-corrected chi connectivity index (χ1v) is 10.6. The fourth-order valence-electron chi connectivity index (χ4n) is 5.42. The van der Waals surface area contributed by atoms with Crippen molar-refractivity contribution in [3.8, 4) is 0 Å². The number of nitrogens with zero attached hydrogens (tertiary/aromatic N) is 2. The highest BCUT2D eigenvalue weighted by molar-refractivity contribution is 5.82. The lowest BCUT2D eigenvalue weighted by Gasteiger charge is -2.46. The van der Waals surface area contributed by atoms with Gasteiger partial charge in [0, 0.05) is 36.7 Å². The van der Waals surface area contributed by atoms with Gasteiger partial charge in [-0.15, -0.1) is 0 Å². The topological polar surface area (TPSA) is 87.7 Å². The van der Waals surface area contributed by atoms with E-state index in [4.69, 9.17) is 4.42 Å². The van der Waals surface area contributed by atoms with E-state index in [1.165, 1.54) is 6.07 Å². The van der Waals surface area contributed by atoms with Crippen LogP contribution in [-0.4, -0.2) is 45.7 Å². The van der Waals surface area contributed by atoms with Crippen LogP contribution in [0.5, 0.6) is 0 Å². The van der Waals surface area contributed by atoms with Crippen molar-refractivity contribution in [2.75, 3.05) is 19.7 Å². The molecule has 3 atom stereocenters. The van der Waals surface area contributed by atoms with E-state index < -0.39 is 11.6 Å². The van der Waals surface area contributed by atoms with E-state index in [1.54, 1.807) is 16.9 Å². The zero-order valence-corrected chi connectivity index (χ0v) is 16.9. The SMILES string of the molecule is O=C(NC1(CO)CC=CC1)[C@H]1[C@H]2C[C@H](CN(Cc3ccco3)C2)c2cccc(=O)n21. The van der Waals surface area contributed by atoms with E-state index in [2.05, 4.69) is 10.2 Å². The molecule has 158 valence electrons. The minimum atomic E-state index is -0.658. The Labute approximate surface area is 175 Å². The zero-order valence-electron chi connectivity index (χ0n) is 16.9. The van der Waals surface area contributed by atoms with Crippen LogP contribution in [0.25, 0.3) is 0 Å². The van der Waals surface area contributed by atoms with Crippen molar-refractivity contribution in [2.24, 2.45) is 5.92 Å². The van der Waals surface area contributed by atoms with E-state index in [0.29, 0.717) is 19.4 Å². The van der Waals surface area contributed by atoms with Gasteiger partial charge in [0.1, 0.15) is 11.8 Å². The number of aromatic nitrogens is 1. The summed E-state index contributed by atoms with van der Waals surface area (Å²) in [5.74, 6) is 0.955. The van der Waals surface area contributed by atoms with Crippen LogP contribution in [0.1, 0.15) is 42.7 Å². The van der Waals surface area contributed by atoms with E-state index in [9.17, 15) is 14.7 Å². The summed E-state index contributed by atoms with van der Waals surface area (Å²) in [7, 11) is 0. The molecule has 3 aliphatic rings. The molecule has 5 rings (SSSR count). The Kier molecular flexibility index (Phi) is 4.87. The molecule has 1 aliphatic carbocycles. The van der Waals surface area contributed by atoms with Crippen molar-refractivity contribution in [3.63, 3.8) is 0 Å². The maximum atomic E-state index is 13.5. The number of rotatable bonds is 5. The molecule has 4 heterocycles. The van der Waals surface area contributed by atoms with Gasteiger partial charge in [-0.3, -0.25) is 19.1 Å². The Morgan fingerprint density at radius 1 is 1.20 bits per heavy atom. The molecule has 2 aliphatic heterocycles. The van der Waals surface area contributed by atoms with Crippen LogP contribution in [0.2, 0.25) is 0 Å². The van der Waals surface area contributed by atoms with E-state index in [-0.39, 0.29) is 29.9 Å². The number of aliphatic hydroxyl groups is 1. The minimum absolute atomic E-state index is 0.0245. The molecule has 2 bridgehead atoms. The summed E-state index contributed by atoms with van der Waals surface area (Å²) in [6.07, 6.45) is 7.74. The largest absolute Gasteiger partial charge is 0.468 e. The molecule has 7 heteroatoms. The molecule has 2 aromatic heterocycles. The van der Waals surface area contributed by atoms with Gasteiger partial charge in [-0.05, 0) is 37.5 Å². The monoisotopic (exact) mass is 409 g/mol. The maximum Gasteiger partial charge on any atom is 0.251 e. The molecule has 2 aromatic rings. The van der Waals surface area contributed by atoms with Crippen molar-refractivity contribution in [3.05, 3.63) is 70.6 Å². The summed E-state index contributed by atoms with van der Waals surface area (Å²) in [5.41, 5.74) is 0.129. The third-order valence-corrected chi connectivity index (χ3v) is 6.83. The number of carbonyl (C=O) groups excluding carboxylic acids is 1. The second kappa shape index (κ2) is 7.56. The molecule has 2 N–H and O–H groups in total. The average molecular weight is 409 g/mol. The molecule has 0 radical (unpaired) electrons. The molecule has 0 unspecified atom stereocenters. The number of nitrogens with one attached hydrogen (secondary N) is 1. The smallest absolute Gasteiger partial charge is 0.251 e. The van der Waals surface area contributed by atoms with Gasteiger partial charge >= 0.3 is 0 Å². The average Bonchev–Trinajstić information content (AvgIpc) is 3.41. The molecule has 30 heavy (non-hydrogen) atoms. The number of piperidine rings is 1. The molecule has 7 nitrogen and oxygen atoms in total. The van der Waals surface area contributed by atoms with Gasteiger partial charge in [0.25, 0.3) is 5.56 Å². The quantitative estimate of drug-likeness (QED) is 0.736. The lowest BCUT2D eigenvalue weighted by Crippen LogP contribution is -2.57. The Hall–Kier alpha value is -2.64. The van der Waals surface area contributed by atoms with E-state index in [0.717, 1.165) is 31.0 Å². The summed E-state index contributed by atoms with van der Waals surface area (Å²) in [6.45, 7) is 2.13.